The summed E-state index contributed by atoms with van der Waals surface area (Å²) in [7, 11) is 1.80. The Bertz CT molecular complexity index is 505. The molecule has 2 heterocycles. The lowest BCUT2D eigenvalue weighted by Gasteiger charge is -2.16. The van der Waals surface area contributed by atoms with Gasteiger partial charge in [-0.3, -0.25) is 14.8 Å². The molecule has 2 rings (SSSR count). The van der Waals surface area contributed by atoms with Crippen LogP contribution in [-0.4, -0.2) is 34.4 Å². The van der Waals surface area contributed by atoms with E-state index in [-0.39, 0.29) is 18.3 Å². The highest BCUT2D eigenvalue weighted by Gasteiger charge is 2.10. The van der Waals surface area contributed by atoms with Crippen LogP contribution in [0.2, 0.25) is 0 Å². The predicted octanol–water partition coefficient (Wildman–Crippen LogP) is 2.21. The zero-order chi connectivity index (χ0) is 12.8. The molecule has 100 valence electrons. The van der Waals surface area contributed by atoms with Crippen molar-refractivity contribution in [2.24, 2.45) is 0 Å². The number of carbonyl (C=O) groups excluding carboxylic acids is 1. The van der Waals surface area contributed by atoms with Gasteiger partial charge in [-0.05, 0) is 36.2 Å². The monoisotopic (exact) mass is 277 g/mol. The van der Waals surface area contributed by atoms with E-state index in [1.54, 1.807) is 48.9 Å². The van der Waals surface area contributed by atoms with Crippen LogP contribution >= 0.6 is 12.4 Å². The maximum Gasteiger partial charge on any atom is 0.255 e. The van der Waals surface area contributed by atoms with Gasteiger partial charge >= 0.3 is 0 Å². The summed E-state index contributed by atoms with van der Waals surface area (Å²) in [4.78, 5) is 21.7. The highest BCUT2D eigenvalue weighted by Crippen LogP contribution is 2.04. The van der Waals surface area contributed by atoms with Crippen molar-refractivity contribution in [1.82, 2.24) is 14.9 Å². The smallest absolute Gasteiger partial charge is 0.255 e. The Balaban J connectivity index is 0.00000180. The number of nitrogens with zero attached hydrogens (tertiary/aromatic N) is 3. The minimum atomic E-state index is -0.00263. The largest absolute Gasteiger partial charge is 0.341 e. The summed E-state index contributed by atoms with van der Waals surface area (Å²) in [5.41, 5.74) is 1.80. The minimum absolute atomic E-state index is 0. The molecule has 0 radical (unpaired) electrons. The molecule has 2 aromatic rings. The van der Waals surface area contributed by atoms with Crippen LogP contribution in [-0.2, 0) is 6.42 Å². The number of likely N-dealkylation sites (N-methyl/N-ethyl adjacent to an activating group) is 1. The first-order valence-corrected chi connectivity index (χ1v) is 5.82. The third-order valence-corrected chi connectivity index (χ3v) is 2.74. The van der Waals surface area contributed by atoms with Gasteiger partial charge in [0.15, 0.2) is 0 Å². The third-order valence-electron chi connectivity index (χ3n) is 2.74. The zero-order valence-corrected chi connectivity index (χ0v) is 11.5. The average Bonchev–Trinajstić information content (AvgIpc) is 2.46. The third kappa shape index (κ3) is 4.34. The Kier molecular flexibility index (Phi) is 5.96. The Labute approximate surface area is 118 Å². The molecule has 0 bridgehead atoms. The number of aromatic nitrogens is 2. The van der Waals surface area contributed by atoms with Gasteiger partial charge < -0.3 is 4.90 Å². The molecule has 0 atom stereocenters. The van der Waals surface area contributed by atoms with Crippen LogP contribution in [0.15, 0.2) is 49.1 Å². The Hall–Kier alpha value is -1.94. The van der Waals surface area contributed by atoms with Gasteiger partial charge in [0.25, 0.3) is 5.91 Å². The van der Waals surface area contributed by atoms with Crippen molar-refractivity contribution in [1.29, 1.82) is 0 Å². The fourth-order valence-corrected chi connectivity index (χ4v) is 1.66. The van der Waals surface area contributed by atoms with Crippen LogP contribution in [0.25, 0.3) is 0 Å². The fraction of sp³-hybridized carbons (Fsp3) is 0.214. The molecule has 0 N–H and O–H groups in total. The van der Waals surface area contributed by atoms with E-state index in [0.717, 1.165) is 6.42 Å². The van der Waals surface area contributed by atoms with E-state index in [0.29, 0.717) is 12.1 Å². The van der Waals surface area contributed by atoms with Gasteiger partial charge in [0.05, 0.1) is 5.56 Å². The van der Waals surface area contributed by atoms with Crippen molar-refractivity contribution in [2.75, 3.05) is 13.6 Å². The molecular formula is C14H16ClN3O. The molecule has 0 aromatic carbocycles. The van der Waals surface area contributed by atoms with Crippen molar-refractivity contribution in [3.63, 3.8) is 0 Å². The standard InChI is InChI=1S/C14H15N3O.ClH/c1-17(10-6-12-4-8-15-9-5-12)14(18)13-3-2-7-16-11-13;/h2-5,7-9,11H,6,10H2,1H3;1H. The lowest BCUT2D eigenvalue weighted by Crippen LogP contribution is -2.28. The molecule has 4 nitrogen and oxygen atoms in total. The number of hydrogen-bond donors (Lipinski definition) is 0. The van der Waals surface area contributed by atoms with Crippen molar-refractivity contribution < 1.29 is 4.79 Å². The summed E-state index contributed by atoms with van der Waals surface area (Å²) in [5.74, 6) is -0.00263. The van der Waals surface area contributed by atoms with Crippen LogP contribution in [0.3, 0.4) is 0 Å². The second-order valence-corrected chi connectivity index (χ2v) is 4.07. The van der Waals surface area contributed by atoms with E-state index < -0.39 is 0 Å². The first-order chi connectivity index (χ1) is 8.77. The van der Waals surface area contributed by atoms with Crippen molar-refractivity contribution in [3.8, 4) is 0 Å². The summed E-state index contributed by atoms with van der Waals surface area (Å²) in [5, 5.41) is 0. The van der Waals surface area contributed by atoms with Crippen LogP contribution < -0.4 is 0 Å². The number of rotatable bonds is 4. The molecule has 0 saturated heterocycles. The van der Waals surface area contributed by atoms with Gasteiger partial charge in [-0.1, -0.05) is 0 Å². The number of amides is 1. The Morgan fingerprint density at radius 3 is 2.53 bits per heavy atom. The van der Waals surface area contributed by atoms with E-state index in [2.05, 4.69) is 9.97 Å². The van der Waals surface area contributed by atoms with E-state index in [1.807, 2.05) is 12.1 Å². The number of hydrogen-bond acceptors (Lipinski definition) is 3. The van der Waals surface area contributed by atoms with Gasteiger partial charge in [0.1, 0.15) is 0 Å². The van der Waals surface area contributed by atoms with E-state index in [1.165, 1.54) is 5.56 Å². The number of pyridine rings is 2. The van der Waals surface area contributed by atoms with Gasteiger partial charge in [-0.25, -0.2) is 0 Å². The normalized spacial score (nSPS) is 9.53. The van der Waals surface area contributed by atoms with Gasteiger partial charge in [0.2, 0.25) is 0 Å². The average molecular weight is 278 g/mol. The molecule has 0 aliphatic heterocycles. The summed E-state index contributed by atoms with van der Waals surface area (Å²) < 4.78 is 0. The minimum Gasteiger partial charge on any atom is -0.341 e. The van der Waals surface area contributed by atoms with E-state index in [4.69, 9.17) is 0 Å². The van der Waals surface area contributed by atoms with Crippen molar-refractivity contribution in [2.45, 2.75) is 6.42 Å². The van der Waals surface area contributed by atoms with E-state index in [9.17, 15) is 4.79 Å². The van der Waals surface area contributed by atoms with Gasteiger partial charge in [0, 0.05) is 38.4 Å². The molecule has 0 saturated carbocycles. The van der Waals surface area contributed by atoms with Gasteiger partial charge in [-0.15, -0.1) is 12.4 Å². The lowest BCUT2D eigenvalue weighted by atomic mass is 10.2. The SMILES string of the molecule is CN(CCc1ccncc1)C(=O)c1cccnc1.Cl. The van der Waals surface area contributed by atoms with Crippen LogP contribution in [0, 0.1) is 0 Å². The first kappa shape index (κ1) is 15.1. The summed E-state index contributed by atoms with van der Waals surface area (Å²) in [6, 6.07) is 7.47. The predicted molar refractivity (Wildman–Crippen MR) is 76.4 cm³/mol. The van der Waals surface area contributed by atoms with Crippen LogP contribution in [0.1, 0.15) is 15.9 Å². The summed E-state index contributed by atoms with van der Waals surface area (Å²) in [6.45, 7) is 0.678. The Morgan fingerprint density at radius 2 is 1.89 bits per heavy atom. The molecule has 0 spiro atoms. The highest BCUT2D eigenvalue weighted by molar-refractivity contribution is 5.93. The van der Waals surface area contributed by atoms with Crippen LogP contribution in [0.4, 0.5) is 0 Å². The molecule has 2 aromatic heterocycles. The molecular weight excluding hydrogens is 262 g/mol. The second kappa shape index (κ2) is 7.48. The van der Waals surface area contributed by atoms with Crippen LogP contribution in [0.5, 0.6) is 0 Å². The second-order valence-electron chi connectivity index (χ2n) is 4.07. The zero-order valence-electron chi connectivity index (χ0n) is 10.7. The molecule has 5 heteroatoms. The summed E-state index contributed by atoms with van der Waals surface area (Å²) in [6.07, 6.45) is 7.60. The van der Waals surface area contributed by atoms with E-state index >= 15 is 0 Å². The topological polar surface area (TPSA) is 46.1 Å². The fourth-order valence-electron chi connectivity index (χ4n) is 1.66. The molecule has 19 heavy (non-hydrogen) atoms. The molecule has 0 aliphatic rings. The highest BCUT2D eigenvalue weighted by atomic mass is 35.5. The quantitative estimate of drug-likeness (QED) is 0.861. The van der Waals surface area contributed by atoms with Crippen molar-refractivity contribution >= 4 is 18.3 Å². The number of carbonyl (C=O) groups is 1. The molecule has 0 fully saturated rings. The summed E-state index contributed by atoms with van der Waals surface area (Å²) >= 11 is 0. The maximum atomic E-state index is 12.0. The molecule has 0 aliphatic carbocycles. The number of halogens is 1. The molecule has 1 amide bonds. The lowest BCUT2D eigenvalue weighted by molar-refractivity contribution is 0.0796. The Morgan fingerprint density at radius 1 is 1.16 bits per heavy atom. The first-order valence-electron chi connectivity index (χ1n) is 5.82. The van der Waals surface area contributed by atoms with Crippen molar-refractivity contribution in [3.05, 3.63) is 60.2 Å². The maximum absolute atomic E-state index is 12.0. The molecule has 0 unspecified atom stereocenters. The van der Waals surface area contributed by atoms with Gasteiger partial charge in [-0.2, -0.15) is 0 Å².